The first-order valence-corrected chi connectivity index (χ1v) is 4.49. The predicted octanol–water partition coefficient (Wildman–Crippen LogP) is 1.07. The largest absolute Gasteiger partial charge is 0.382 e. The Kier molecular flexibility index (Phi) is 1.97. The molecule has 3 heteroatoms. The van der Waals surface area contributed by atoms with Gasteiger partial charge in [0.25, 0.3) is 0 Å². The highest BCUT2D eigenvalue weighted by atomic mass is 16.1. The number of fused-ring (bicyclic) bond motifs is 1. The van der Waals surface area contributed by atoms with Crippen molar-refractivity contribution in [1.29, 1.82) is 5.26 Å². The lowest BCUT2D eigenvalue weighted by Crippen LogP contribution is -2.41. The predicted molar refractivity (Wildman–Crippen MR) is 52.0 cm³/mol. The van der Waals surface area contributed by atoms with E-state index in [1.807, 2.05) is 31.2 Å². The maximum absolute atomic E-state index is 11.7. The topological polar surface area (TPSA) is 52.9 Å². The molecule has 0 fully saturated rings. The summed E-state index contributed by atoms with van der Waals surface area (Å²) < 4.78 is 0. The number of rotatable bonds is 0. The van der Waals surface area contributed by atoms with Gasteiger partial charge in [0, 0.05) is 6.20 Å². The maximum atomic E-state index is 11.7. The van der Waals surface area contributed by atoms with E-state index >= 15 is 0 Å². The monoisotopic (exact) mass is 186 g/mol. The van der Waals surface area contributed by atoms with Crippen molar-refractivity contribution < 1.29 is 4.79 Å². The van der Waals surface area contributed by atoms with E-state index in [4.69, 9.17) is 5.26 Å². The van der Waals surface area contributed by atoms with Gasteiger partial charge in [0.15, 0.2) is 5.78 Å². The zero-order chi connectivity index (χ0) is 10.1. The molecule has 0 saturated heterocycles. The number of carbonyl (C=O) groups excluding carboxylic acids is 1. The summed E-state index contributed by atoms with van der Waals surface area (Å²) in [6.07, 6.45) is 7.35. The number of Topliss-reactive ketones (excluding diaryl/α,β-unsaturated/α-hetero) is 1. The van der Waals surface area contributed by atoms with Gasteiger partial charge < -0.3 is 5.32 Å². The smallest absolute Gasteiger partial charge is 0.184 e. The van der Waals surface area contributed by atoms with Crippen LogP contribution in [0.1, 0.15) is 6.92 Å². The molecule has 0 saturated carbocycles. The Morgan fingerprint density at radius 1 is 1.57 bits per heavy atom. The van der Waals surface area contributed by atoms with Crippen LogP contribution in [0.4, 0.5) is 0 Å². The van der Waals surface area contributed by atoms with Crippen molar-refractivity contribution in [2.75, 3.05) is 0 Å². The average Bonchev–Trinajstić information content (AvgIpc) is 2.20. The summed E-state index contributed by atoms with van der Waals surface area (Å²) >= 11 is 0. The molecule has 70 valence electrons. The number of ketones is 1. The summed E-state index contributed by atoms with van der Waals surface area (Å²) in [6, 6.07) is 1.91. The molecular weight excluding hydrogens is 176 g/mol. The van der Waals surface area contributed by atoms with E-state index in [2.05, 4.69) is 5.32 Å². The van der Waals surface area contributed by atoms with Crippen molar-refractivity contribution >= 4 is 5.78 Å². The Morgan fingerprint density at radius 2 is 2.36 bits per heavy atom. The third kappa shape index (κ3) is 1.25. The molecule has 0 radical (unpaired) electrons. The van der Waals surface area contributed by atoms with Crippen LogP contribution in [0.25, 0.3) is 0 Å². The molecule has 2 aliphatic rings. The average molecular weight is 186 g/mol. The molecule has 0 aromatic carbocycles. The van der Waals surface area contributed by atoms with Crippen LogP contribution in [-0.2, 0) is 4.79 Å². The molecule has 14 heavy (non-hydrogen) atoms. The standard InChI is InChI=1S/C11H10N2O/c1-7-2-3-10-9(4-7)11(14)8(5-12)6-13-10/h2-4,6,9-10,13H,1H3. The third-order valence-corrected chi connectivity index (χ3v) is 2.50. The summed E-state index contributed by atoms with van der Waals surface area (Å²) in [5.41, 5.74) is 1.28. The van der Waals surface area contributed by atoms with Crippen molar-refractivity contribution in [3.05, 3.63) is 35.6 Å². The SMILES string of the molecule is CC1=CC2C(=O)C(C#N)=CNC2C=C1. The van der Waals surface area contributed by atoms with Crippen LogP contribution in [0.2, 0.25) is 0 Å². The third-order valence-electron chi connectivity index (χ3n) is 2.50. The number of allylic oxidation sites excluding steroid dienone is 3. The summed E-state index contributed by atoms with van der Waals surface area (Å²) in [4.78, 5) is 11.7. The first-order chi connectivity index (χ1) is 6.72. The van der Waals surface area contributed by atoms with Gasteiger partial charge in [0.05, 0.1) is 12.0 Å². The van der Waals surface area contributed by atoms with Crippen LogP contribution < -0.4 is 5.32 Å². The van der Waals surface area contributed by atoms with Crippen LogP contribution in [0.15, 0.2) is 35.6 Å². The molecule has 0 amide bonds. The molecule has 0 aromatic heterocycles. The van der Waals surface area contributed by atoms with Crippen LogP contribution in [-0.4, -0.2) is 11.8 Å². The van der Waals surface area contributed by atoms with Gasteiger partial charge in [0.2, 0.25) is 0 Å². The van der Waals surface area contributed by atoms with Crippen molar-refractivity contribution in [3.8, 4) is 6.07 Å². The van der Waals surface area contributed by atoms with Crippen molar-refractivity contribution in [2.45, 2.75) is 13.0 Å². The van der Waals surface area contributed by atoms with Gasteiger partial charge in [-0.05, 0) is 6.92 Å². The van der Waals surface area contributed by atoms with E-state index in [1.54, 1.807) is 0 Å². The molecule has 1 aliphatic carbocycles. The molecule has 0 spiro atoms. The molecule has 3 nitrogen and oxygen atoms in total. The highest BCUT2D eigenvalue weighted by Gasteiger charge is 2.31. The fraction of sp³-hybridized carbons (Fsp3) is 0.273. The molecule has 1 N–H and O–H groups in total. The van der Waals surface area contributed by atoms with E-state index in [-0.39, 0.29) is 23.3 Å². The minimum absolute atomic E-state index is 0.0169. The Balaban J connectivity index is 2.36. The van der Waals surface area contributed by atoms with Gasteiger partial charge in [-0.3, -0.25) is 4.79 Å². The highest BCUT2D eigenvalue weighted by molar-refractivity contribution is 6.03. The van der Waals surface area contributed by atoms with E-state index in [0.717, 1.165) is 5.57 Å². The minimum atomic E-state index is -0.209. The second kappa shape index (κ2) is 3.15. The fourth-order valence-electron chi connectivity index (χ4n) is 1.73. The first kappa shape index (κ1) is 8.76. The second-order valence-corrected chi connectivity index (χ2v) is 3.52. The van der Waals surface area contributed by atoms with Gasteiger partial charge in [-0.15, -0.1) is 0 Å². The summed E-state index contributed by atoms with van der Waals surface area (Å²) in [5.74, 6) is -0.292. The van der Waals surface area contributed by atoms with Crippen molar-refractivity contribution in [3.63, 3.8) is 0 Å². The lowest BCUT2D eigenvalue weighted by Gasteiger charge is -2.28. The Bertz CT molecular complexity index is 409. The summed E-state index contributed by atoms with van der Waals surface area (Å²) in [7, 11) is 0. The molecule has 0 aromatic rings. The van der Waals surface area contributed by atoms with Gasteiger partial charge in [-0.2, -0.15) is 5.26 Å². The number of nitrogens with zero attached hydrogens (tertiary/aromatic N) is 1. The number of carbonyl (C=O) groups is 1. The molecular formula is C11H10N2O. The first-order valence-electron chi connectivity index (χ1n) is 4.49. The number of hydrogen-bond donors (Lipinski definition) is 1. The molecule has 0 bridgehead atoms. The second-order valence-electron chi connectivity index (χ2n) is 3.52. The van der Waals surface area contributed by atoms with Crippen molar-refractivity contribution in [1.82, 2.24) is 5.32 Å². The molecule has 2 atom stereocenters. The van der Waals surface area contributed by atoms with Gasteiger partial charge >= 0.3 is 0 Å². The van der Waals surface area contributed by atoms with E-state index < -0.39 is 0 Å². The maximum Gasteiger partial charge on any atom is 0.184 e. The van der Waals surface area contributed by atoms with Gasteiger partial charge in [-0.25, -0.2) is 0 Å². The lowest BCUT2D eigenvalue weighted by molar-refractivity contribution is -0.118. The Morgan fingerprint density at radius 3 is 3.07 bits per heavy atom. The Hall–Kier alpha value is -1.82. The molecule has 1 aliphatic heterocycles. The highest BCUT2D eigenvalue weighted by Crippen LogP contribution is 2.23. The number of nitrogens with one attached hydrogen (secondary N) is 1. The number of nitriles is 1. The fourth-order valence-corrected chi connectivity index (χ4v) is 1.73. The number of hydrogen-bond acceptors (Lipinski definition) is 3. The normalized spacial score (nSPS) is 29.6. The zero-order valence-corrected chi connectivity index (χ0v) is 7.82. The minimum Gasteiger partial charge on any atom is -0.382 e. The van der Waals surface area contributed by atoms with Crippen molar-refractivity contribution in [2.24, 2.45) is 5.92 Å². The summed E-state index contributed by atoms with van der Waals surface area (Å²) in [5, 5.41) is 11.7. The van der Waals surface area contributed by atoms with Gasteiger partial charge in [-0.1, -0.05) is 23.8 Å². The quantitative estimate of drug-likeness (QED) is 0.615. The van der Waals surface area contributed by atoms with E-state index in [9.17, 15) is 4.79 Å². The Labute approximate surface area is 82.4 Å². The van der Waals surface area contributed by atoms with E-state index in [1.165, 1.54) is 6.20 Å². The lowest BCUT2D eigenvalue weighted by atomic mass is 9.84. The van der Waals surface area contributed by atoms with E-state index in [0.29, 0.717) is 0 Å². The molecule has 2 unspecified atom stereocenters. The van der Waals surface area contributed by atoms with Crippen LogP contribution in [0.5, 0.6) is 0 Å². The van der Waals surface area contributed by atoms with Gasteiger partial charge in [0.1, 0.15) is 11.6 Å². The summed E-state index contributed by atoms with van der Waals surface area (Å²) in [6.45, 7) is 1.95. The van der Waals surface area contributed by atoms with Crippen LogP contribution in [0.3, 0.4) is 0 Å². The van der Waals surface area contributed by atoms with Crippen LogP contribution >= 0.6 is 0 Å². The zero-order valence-electron chi connectivity index (χ0n) is 7.82. The molecule has 2 rings (SSSR count). The van der Waals surface area contributed by atoms with Crippen LogP contribution in [0, 0.1) is 17.2 Å². The molecule has 1 heterocycles.